The van der Waals surface area contributed by atoms with E-state index in [4.69, 9.17) is 0 Å². The van der Waals surface area contributed by atoms with Gasteiger partial charge in [-0.3, -0.25) is 5.32 Å². The number of hydrogen-bond acceptors (Lipinski definition) is 4. The molecule has 0 bridgehead atoms. The second-order valence-corrected chi connectivity index (χ2v) is 6.20. The van der Waals surface area contributed by atoms with E-state index in [-0.39, 0.29) is 5.54 Å². The maximum Gasteiger partial charge on any atom is 0.105 e. The van der Waals surface area contributed by atoms with Gasteiger partial charge in [0.15, 0.2) is 0 Å². The highest BCUT2D eigenvalue weighted by Crippen LogP contribution is 2.25. The highest BCUT2D eigenvalue weighted by Gasteiger charge is 2.34. The first-order chi connectivity index (χ1) is 8.36. The first kappa shape index (κ1) is 15.4. The number of nitriles is 1. The zero-order valence-electron chi connectivity index (χ0n) is 12.5. The van der Waals surface area contributed by atoms with Gasteiger partial charge in [-0.15, -0.1) is 0 Å². The molecule has 0 radical (unpaired) electrons. The summed E-state index contributed by atoms with van der Waals surface area (Å²) in [6, 6.07) is 3.45. The molecule has 0 aromatic heterocycles. The largest absolute Gasteiger partial charge is 0.308 e. The van der Waals surface area contributed by atoms with E-state index >= 15 is 0 Å². The predicted molar refractivity (Wildman–Crippen MR) is 75.4 cm³/mol. The average molecular weight is 252 g/mol. The summed E-state index contributed by atoms with van der Waals surface area (Å²) in [5.41, 5.74) is -0.382. The fourth-order valence-electron chi connectivity index (χ4n) is 2.14. The smallest absolute Gasteiger partial charge is 0.105 e. The predicted octanol–water partition coefficient (Wildman–Crippen LogP) is 1.29. The standard InChI is InChI=1S/C14H28N4/c1-12(18(5)9-8-17(3)4)10-14(2,11-15)16-13-6-7-13/h12-13,16H,6-10H2,1-5H3. The zero-order chi connectivity index (χ0) is 13.8. The number of nitrogens with one attached hydrogen (secondary N) is 1. The third-order valence-electron chi connectivity index (χ3n) is 3.70. The van der Waals surface area contributed by atoms with E-state index in [9.17, 15) is 5.26 Å². The molecule has 0 heterocycles. The molecule has 0 aliphatic heterocycles. The molecular weight excluding hydrogens is 224 g/mol. The molecule has 18 heavy (non-hydrogen) atoms. The van der Waals surface area contributed by atoms with Gasteiger partial charge in [0, 0.05) is 25.2 Å². The number of likely N-dealkylation sites (N-methyl/N-ethyl adjacent to an activating group) is 2. The quantitative estimate of drug-likeness (QED) is 0.707. The van der Waals surface area contributed by atoms with E-state index in [1.54, 1.807) is 0 Å². The molecule has 1 fully saturated rings. The van der Waals surface area contributed by atoms with E-state index in [1.807, 2.05) is 6.92 Å². The molecule has 1 rings (SSSR count). The number of nitrogens with zero attached hydrogens (tertiary/aromatic N) is 3. The lowest BCUT2D eigenvalue weighted by Gasteiger charge is -2.32. The van der Waals surface area contributed by atoms with Gasteiger partial charge in [0.25, 0.3) is 0 Å². The van der Waals surface area contributed by atoms with Crippen LogP contribution < -0.4 is 5.32 Å². The minimum absolute atomic E-state index is 0.382. The highest BCUT2D eigenvalue weighted by molar-refractivity contribution is 5.08. The van der Waals surface area contributed by atoms with Crippen molar-refractivity contribution in [1.82, 2.24) is 15.1 Å². The van der Waals surface area contributed by atoms with Crippen molar-refractivity contribution < 1.29 is 0 Å². The molecule has 1 aliphatic rings. The van der Waals surface area contributed by atoms with Gasteiger partial charge in [0.2, 0.25) is 0 Å². The van der Waals surface area contributed by atoms with Crippen LogP contribution in [0.4, 0.5) is 0 Å². The molecule has 1 N–H and O–H groups in total. The minimum Gasteiger partial charge on any atom is -0.308 e. The summed E-state index contributed by atoms with van der Waals surface area (Å²) in [7, 11) is 6.32. The van der Waals surface area contributed by atoms with Gasteiger partial charge in [0.1, 0.15) is 5.54 Å². The molecular formula is C14H28N4. The van der Waals surface area contributed by atoms with Crippen LogP contribution in [0.2, 0.25) is 0 Å². The van der Waals surface area contributed by atoms with Crippen molar-refractivity contribution in [2.75, 3.05) is 34.2 Å². The van der Waals surface area contributed by atoms with Crippen LogP contribution in [0.25, 0.3) is 0 Å². The SMILES string of the molecule is CC(CC(C)(C#N)NC1CC1)N(C)CCN(C)C. The summed E-state index contributed by atoms with van der Waals surface area (Å²) >= 11 is 0. The van der Waals surface area contributed by atoms with Crippen molar-refractivity contribution in [3.05, 3.63) is 0 Å². The second kappa shape index (κ2) is 6.51. The van der Waals surface area contributed by atoms with Crippen LogP contribution >= 0.6 is 0 Å². The molecule has 0 spiro atoms. The van der Waals surface area contributed by atoms with Gasteiger partial charge in [-0.25, -0.2) is 0 Å². The van der Waals surface area contributed by atoms with E-state index in [0.717, 1.165) is 19.5 Å². The molecule has 1 saturated carbocycles. The van der Waals surface area contributed by atoms with Crippen molar-refractivity contribution in [3.8, 4) is 6.07 Å². The highest BCUT2D eigenvalue weighted by atomic mass is 15.2. The summed E-state index contributed by atoms with van der Waals surface area (Å²) in [6.07, 6.45) is 3.33. The summed E-state index contributed by atoms with van der Waals surface area (Å²) < 4.78 is 0. The fraction of sp³-hybridized carbons (Fsp3) is 0.929. The van der Waals surface area contributed by atoms with Gasteiger partial charge in [0.05, 0.1) is 6.07 Å². The van der Waals surface area contributed by atoms with Crippen molar-refractivity contribution in [3.63, 3.8) is 0 Å². The lowest BCUT2D eigenvalue weighted by molar-refractivity contribution is 0.195. The van der Waals surface area contributed by atoms with Crippen LogP contribution in [-0.4, -0.2) is 61.7 Å². The Hall–Kier alpha value is -0.630. The van der Waals surface area contributed by atoms with Gasteiger partial charge in [-0.05, 0) is 54.3 Å². The molecule has 0 aromatic carbocycles. The van der Waals surface area contributed by atoms with Crippen molar-refractivity contribution in [1.29, 1.82) is 5.26 Å². The van der Waals surface area contributed by atoms with Crippen molar-refractivity contribution in [2.45, 2.75) is 50.7 Å². The van der Waals surface area contributed by atoms with E-state index in [1.165, 1.54) is 12.8 Å². The minimum atomic E-state index is -0.382. The Bertz CT molecular complexity index is 293. The normalized spacial score (nSPS) is 20.8. The summed E-state index contributed by atoms with van der Waals surface area (Å²) in [5, 5.41) is 12.8. The van der Waals surface area contributed by atoms with Crippen molar-refractivity contribution >= 4 is 0 Å². The van der Waals surface area contributed by atoms with Gasteiger partial charge < -0.3 is 9.80 Å². The fourth-order valence-corrected chi connectivity index (χ4v) is 2.14. The van der Waals surface area contributed by atoms with E-state index < -0.39 is 0 Å². The van der Waals surface area contributed by atoms with Crippen LogP contribution in [0, 0.1) is 11.3 Å². The van der Waals surface area contributed by atoms with Crippen LogP contribution in [0.3, 0.4) is 0 Å². The van der Waals surface area contributed by atoms with Crippen LogP contribution in [-0.2, 0) is 0 Å². The Labute approximate surface area is 112 Å². The second-order valence-electron chi connectivity index (χ2n) is 6.20. The van der Waals surface area contributed by atoms with Gasteiger partial charge >= 0.3 is 0 Å². The molecule has 0 aromatic rings. The molecule has 2 atom stereocenters. The van der Waals surface area contributed by atoms with Crippen LogP contribution in [0.15, 0.2) is 0 Å². The molecule has 104 valence electrons. The number of hydrogen-bond donors (Lipinski definition) is 1. The summed E-state index contributed by atoms with van der Waals surface area (Å²) in [5.74, 6) is 0. The van der Waals surface area contributed by atoms with Crippen LogP contribution in [0.1, 0.15) is 33.1 Å². The third-order valence-corrected chi connectivity index (χ3v) is 3.70. The maximum absolute atomic E-state index is 9.37. The Morgan fingerprint density at radius 2 is 1.94 bits per heavy atom. The van der Waals surface area contributed by atoms with Gasteiger partial charge in [-0.1, -0.05) is 0 Å². The monoisotopic (exact) mass is 252 g/mol. The molecule has 1 aliphatic carbocycles. The Kier molecular flexibility index (Phi) is 5.58. The maximum atomic E-state index is 9.37. The molecule has 0 saturated heterocycles. The summed E-state index contributed by atoms with van der Waals surface area (Å²) in [6.45, 7) is 6.33. The van der Waals surface area contributed by atoms with E-state index in [2.05, 4.69) is 49.3 Å². The van der Waals surface area contributed by atoms with Crippen LogP contribution in [0.5, 0.6) is 0 Å². The first-order valence-corrected chi connectivity index (χ1v) is 6.90. The van der Waals surface area contributed by atoms with E-state index in [0.29, 0.717) is 12.1 Å². The van der Waals surface area contributed by atoms with Gasteiger partial charge in [-0.2, -0.15) is 5.26 Å². The molecule has 2 unspecified atom stereocenters. The lowest BCUT2D eigenvalue weighted by atomic mass is 9.94. The lowest BCUT2D eigenvalue weighted by Crippen LogP contribution is -2.48. The Balaban J connectivity index is 2.40. The van der Waals surface area contributed by atoms with Crippen molar-refractivity contribution in [2.24, 2.45) is 0 Å². The third kappa shape index (κ3) is 5.34. The molecule has 0 amide bonds. The topological polar surface area (TPSA) is 42.3 Å². The Morgan fingerprint density at radius 1 is 1.33 bits per heavy atom. The zero-order valence-corrected chi connectivity index (χ0v) is 12.5. The molecule has 4 heteroatoms. The number of rotatable bonds is 8. The average Bonchev–Trinajstić information content (AvgIpc) is 3.09. The Morgan fingerprint density at radius 3 is 2.39 bits per heavy atom. The summed E-state index contributed by atoms with van der Waals surface area (Å²) in [4.78, 5) is 4.53. The first-order valence-electron chi connectivity index (χ1n) is 6.90. The molecule has 4 nitrogen and oxygen atoms in total.